The summed E-state index contributed by atoms with van der Waals surface area (Å²) in [5.41, 5.74) is 11.2. The summed E-state index contributed by atoms with van der Waals surface area (Å²) in [7, 11) is 0. The van der Waals surface area contributed by atoms with Gasteiger partial charge >= 0.3 is 0 Å². The largest absolute Gasteiger partial charge is 0.438 e. The molecule has 0 unspecified atom stereocenters. The van der Waals surface area contributed by atoms with Gasteiger partial charge in [0, 0.05) is 16.5 Å². The van der Waals surface area contributed by atoms with E-state index in [1.807, 2.05) is 6.07 Å². The summed E-state index contributed by atoms with van der Waals surface area (Å²) < 4.78 is 6.56. The fourth-order valence-corrected chi connectivity index (χ4v) is 8.40. The molecule has 8 aromatic carbocycles. The molecular weight excluding hydrogens is 669 g/mol. The number of furan rings is 1. The summed E-state index contributed by atoms with van der Waals surface area (Å²) in [4.78, 5) is 10.4. The van der Waals surface area contributed by atoms with Gasteiger partial charge in [0.2, 0.25) is 5.71 Å². The highest BCUT2D eigenvalue weighted by Gasteiger charge is 2.20. The average molecular weight is 703 g/mol. The highest BCUT2D eigenvalue weighted by molar-refractivity contribution is 6.25. The van der Waals surface area contributed by atoms with E-state index in [9.17, 15) is 0 Å². The topological polar surface area (TPSA) is 38.9 Å². The predicted molar refractivity (Wildman–Crippen MR) is 230 cm³/mol. The Balaban J connectivity index is 1.10. The van der Waals surface area contributed by atoms with Crippen LogP contribution in [0.3, 0.4) is 0 Å². The first kappa shape index (κ1) is 31.4. The van der Waals surface area contributed by atoms with E-state index >= 15 is 0 Å². The molecule has 2 heterocycles. The lowest BCUT2D eigenvalue weighted by Crippen LogP contribution is -1.95. The molecule has 3 heteroatoms. The van der Waals surface area contributed by atoms with Gasteiger partial charge < -0.3 is 4.42 Å². The SMILES string of the molecule is C1=CC(c2ccc(-c3nc(-c4cccc(-c5ccc6c7ccccc7c7ccccc7c6c5)c4)c4c(n3)oc3ccc(-c5ccccc5)cc34)cc2)=CCC1. The second-order valence-electron chi connectivity index (χ2n) is 14.4. The number of benzene rings is 8. The van der Waals surface area contributed by atoms with Gasteiger partial charge in [0.1, 0.15) is 5.58 Å². The zero-order valence-corrected chi connectivity index (χ0v) is 30.0. The van der Waals surface area contributed by atoms with Gasteiger partial charge in [-0.1, -0.05) is 158 Å². The molecule has 3 nitrogen and oxygen atoms in total. The third-order valence-electron chi connectivity index (χ3n) is 11.1. The fourth-order valence-electron chi connectivity index (χ4n) is 8.40. The van der Waals surface area contributed by atoms with Crippen molar-refractivity contribution in [1.29, 1.82) is 0 Å². The van der Waals surface area contributed by atoms with Crippen LogP contribution in [0.4, 0.5) is 0 Å². The molecule has 10 aromatic rings. The third-order valence-corrected chi connectivity index (χ3v) is 11.1. The highest BCUT2D eigenvalue weighted by atomic mass is 16.3. The van der Waals surface area contributed by atoms with Gasteiger partial charge in [-0.05, 0) is 103 Å². The lowest BCUT2D eigenvalue weighted by Gasteiger charge is -2.13. The lowest BCUT2D eigenvalue weighted by molar-refractivity contribution is 0.653. The second kappa shape index (κ2) is 12.8. The minimum atomic E-state index is 0.580. The van der Waals surface area contributed by atoms with Gasteiger partial charge in [0.15, 0.2) is 5.82 Å². The Morgan fingerprint density at radius 3 is 1.73 bits per heavy atom. The molecule has 0 saturated carbocycles. The summed E-state index contributed by atoms with van der Waals surface area (Å²) in [6.07, 6.45) is 8.93. The number of fused-ring (bicyclic) bond motifs is 9. The van der Waals surface area contributed by atoms with Crippen molar-refractivity contribution < 1.29 is 4.42 Å². The van der Waals surface area contributed by atoms with Crippen molar-refractivity contribution in [3.05, 3.63) is 188 Å². The van der Waals surface area contributed by atoms with Crippen LogP contribution in [0.2, 0.25) is 0 Å². The lowest BCUT2D eigenvalue weighted by atomic mass is 9.91. The van der Waals surface area contributed by atoms with Crippen molar-refractivity contribution in [2.24, 2.45) is 0 Å². The number of nitrogens with zero attached hydrogens (tertiary/aromatic N) is 2. The normalized spacial score (nSPS) is 13.0. The van der Waals surface area contributed by atoms with Gasteiger partial charge in [-0.25, -0.2) is 4.98 Å². The van der Waals surface area contributed by atoms with E-state index < -0.39 is 0 Å². The third kappa shape index (κ3) is 5.35. The maximum Gasteiger partial charge on any atom is 0.231 e. The Kier molecular flexibility index (Phi) is 7.31. The van der Waals surface area contributed by atoms with Crippen molar-refractivity contribution in [2.75, 3.05) is 0 Å². The Morgan fingerprint density at radius 1 is 0.400 bits per heavy atom. The van der Waals surface area contributed by atoms with Gasteiger partial charge in [0.25, 0.3) is 0 Å². The van der Waals surface area contributed by atoms with Crippen molar-refractivity contribution in [3.63, 3.8) is 0 Å². The number of allylic oxidation sites excluding steroid dienone is 4. The van der Waals surface area contributed by atoms with Crippen LogP contribution in [0.25, 0.3) is 105 Å². The van der Waals surface area contributed by atoms with Crippen molar-refractivity contribution in [2.45, 2.75) is 12.8 Å². The molecule has 0 fully saturated rings. The number of hydrogen-bond donors (Lipinski definition) is 0. The minimum absolute atomic E-state index is 0.580. The van der Waals surface area contributed by atoms with Crippen LogP contribution >= 0.6 is 0 Å². The maximum absolute atomic E-state index is 6.56. The molecule has 2 aromatic heterocycles. The van der Waals surface area contributed by atoms with E-state index in [2.05, 4.69) is 176 Å². The first-order valence-electron chi connectivity index (χ1n) is 19.0. The molecule has 258 valence electrons. The summed E-state index contributed by atoms with van der Waals surface area (Å²) in [5, 5.41) is 9.51. The monoisotopic (exact) mass is 702 g/mol. The number of aromatic nitrogens is 2. The van der Waals surface area contributed by atoms with Gasteiger partial charge in [-0.15, -0.1) is 0 Å². The molecule has 0 radical (unpaired) electrons. The van der Waals surface area contributed by atoms with E-state index in [0.717, 1.165) is 68.3 Å². The Morgan fingerprint density at radius 2 is 0.982 bits per heavy atom. The molecule has 0 spiro atoms. The molecule has 11 rings (SSSR count). The zero-order chi connectivity index (χ0) is 36.3. The van der Waals surface area contributed by atoms with E-state index in [0.29, 0.717) is 11.5 Å². The summed E-state index contributed by atoms with van der Waals surface area (Å²) in [5.74, 6) is 0.638. The molecule has 0 atom stereocenters. The Hall–Kier alpha value is -7.10. The molecule has 0 N–H and O–H groups in total. The van der Waals surface area contributed by atoms with E-state index in [-0.39, 0.29) is 0 Å². The van der Waals surface area contributed by atoms with Crippen LogP contribution < -0.4 is 0 Å². The van der Waals surface area contributed by atoms with Crippen LogP contribution in [0.5, 0.6) is 0 Å². The Labute approximate surface area is 318 Å². The van der Waals surface area contributed by atoms with E-state index in [1.165, 1.54) is 43.5 Å². The molecule has 0 aliphatic heterocycles. The van der Waals surface area contributed by atoms with Gasteiger partial charge in [-0.2, -0.15) is 4.98 Å². The van der Waals surface area contributed by atoms with Crippen LogP contribution in [-0.4, -0.2) is 9.97 Å². The second-order valence-corrected chi connectivity index (χ2v) is 14.4. The van der Waals surface area contributed by atoms with Crippen LogP contribution in [0, 0.1) is 0 Å². The zero-order valence-electron chi connectivity index (χ0n) is 30.0. The maximum atomic E-state index is 6.56. The molecule has 1 aliphatic carbocycles. The van der Waals surface area contributed by atoms with Crippen LogP contribution in [0.15, 0.2) is 186 Å². The van der Waals surface area contributed by atoms with Gasteiger partial charge in [-0.3, -0.25) is 0 Å². The average Bonchev–Trinajstić information content (AvgIpc) is 3.65. The van der Waals surface area contributed by atoms with Crippen molar-refractivity contribution >= 4 is 60.0 Å². The predicted octanol–water partition coefficient (Wildman–Crippen LogP) is 14.2. The molecule has 1 aliphatic rings. The van der Waals surface area contributed by atoms with Crippen molar-refractivity contribution in [1.82, 2.24) is 9.97 Å². The first-order valence-corrected chi connectivity index (χ1v) is 19.0. The Bertz CT molecular complexity index is 3150. The molecule has 0 bridgehead atoms. The number of hydrogen-bond acceptors (Lipinski definition) is 3. The fraction of sp³-hybridized carbons (Fsp3) is 0.0385. The highest BCUT2D eigenvalue weighted by Crippen LogP contribution is 2.41. The van der Waals surface area contributed by atoms with E-state index in [1.54, 1.807) is 0 Å². The van der Waals surface area contributed by atoms with Crippen LogP contribution in [0.1, 0.15) is 18.4 Å². The summed E-state index contributed by atoms with van der Waals surface area (Å²) >= 11 is 0. The first-order chi connectivity index (χ1) is 27.2. The molecule has 0 amide bonds. The van der Waals surface area contributed by atoms with Crippen LogP contribution in [-0.2, 0) is 0 Å². The van der Waals surface area contributed by atoms with E-state index in [4.69, 9.17) is 14.4 Å². The molecule has 55 heavy (non-hydrogen) atoms. The quantitative estimate of drug-likeness (QED) is 0.168. The summed E-state index contributed by atoms with van der Waals surface area (Å²) in [6, 6.07) is 58.6. The molecule has 0 saturated heterocycles. The number of rotatable bonds is 5. The standard InChI is InChI=1S/C52H34N2O/c1-3-12-33(13-4-1)35-22-24-36(25-23-35)51-53-50(49-47-32-38(34-14-5-2-6-15-34)27-29-48(47)55-52(49)54-51)40-17-11-16-37(30-40)39-26-28-45-43-20-8-7-18-41(43)42-19-9-10-21-44(42)46(45)31-39/h2-3,5-32H,1,4H2. The smallest absolute Gasteiger partial charge is 0.231 e. The summed E-state index contributed by atoms with van der Waals surface area (Å²) in [6.45, 7) is 0. The minimum Gasteiger partial charge on any atom is -0.438 e. The van der Waals surface area contributed by atoms with Crippen molar-refractivity contribution in [3.8, 4) is 44.9 Å². The molecular formula is C52H34N2O. The van der Waals surface area contributed by atoms with Gasteiger partial charge in [0.05, 0.1) is 11.1 Å².